The van der Waals surface area contributed by atoms with Crippen LogP contribution in [-0.4, -0.2) is 60.2 Å². The molecular formula is C22H29N3O5S. The van der Waals surface area contributed by atoms with Gasteiger partial charge in [0.25, 0.3) is 5.91 Å². The molecule has 1 aromatic heterocycles. The average Bonchev–Trinajstić information content (AvgIpc) is 2.72. The number of ether oxygens (including phenoxy) is 1. The van der Waals surface area contributed by atoms with E-state index in [0.717, 1.165) is 0 Å². The van der Waals surface area contributed by atoms with Crippen LogP contribution in [-0.2, 0) is 15.7 Å². The molecule has 1 N–H and O–H groups in total. The van der Waals surface area contributed by atoms with Crippen molar-refractivity contribution in [3.8, 4) is 0 Å². The number of anilines is 1. The molecular weight excluding hydrogens is 418 g/mol. The van der Waals surface area contributed by atoms with E-state index in [2.05, 4.69) is 11.3 Å². The van der Waals surface area contributed by atoms with Crippen LogP contribution in [0.4, 0.5) is 5.88 Å². The summed E-state index contributed by atoms with van der Waals surface area (Å²) in [6.07, 6.45) is 0. The molecule has 1 atom stereocenters. The fourth-order valence-corrected chi connectivity index (χ4v) is 3.75. The third-order valence-corrected chi connectivity index (χ3v) is 6.43. The van der Waals surface area contributed by atoms with E-state index in [4.69, 9.17) is 9.15 Å². The monoisotopic (exact) mass is 447 g/mol. The summed E-state index contributed by atoms with van der Waals surface area (Å²) in [5.74, 6) is 0.169. The quantitative estimate of drug-likeness (QED) is 0.757. The standard InChI is InChI=1S/C22H29N3O5S/c1-14(23-31(28)22(2,3)4)16-11-15(21(27)24(5)6)12-17-18(26)13-19(30-20(16)17)25-7-9-29-10-8-25/h11-13,23H,1,7-10H2,2-6H3. The predicted octanol–water partition coefficient (Wildman–Crippen LogP) is 2.35. The molecule has 0 radical (unpaired) electrons. The molecule has 2 aromatic rings. The van der Waals surface area contributed by atoms with Crippen LogP contribution in [0.25, 0.3) is 16.7 Å². The van der Waals surface area contributed by atoms with Gasteiger partial charge in [-0.1, -0.05) is 6.58 Å². The van der Waals surface area contributed by atoms with Crippen LogP contribution < -0.4 is 15.1 Å². The first-order chi connectivity index (χ1) is 14.5. The summed E-state index contributed by atoms with van der Waals surface area (Å²) in [5.41, 5.74) is 1.10. The van der Waals surface area contributed by atoms with Crippen molar-refractivity contribution in [2.45, 2.75) is 25.5 Å². The lowest BCUT2D eigenvalue weighted by Crippen LogP contribution is -2.36. The first-order valence-electron chi connectivity index (χ1n) is 10.0. The number of morpholine rings is 1. The molecule has 31 heavy (non-hydrogen) atoms. The molecule has 0 bridgehead atoms. The van der Waals surface area contributed by atoms with Crippen molar-refractivity contribution in [1.29, 1.82) is 0 Å². The van der Waals surface area contributed by atoms with Gasteiger partial charge in [0.05, 0.1) is 29.0 Å². The molecule has 1 saturated heterocycles. The maximum Gasteiger partial charge on any atom is 0.253 e. The van der Waals surface area contributed by atoms with E-state index in [1.807, 2.05) is 25.7 Å². The number of carbonyl (C=O) groups excluding carboxylic acids is 1. The minimum absolute atomic E-state index is 0.260. The number of nitrogens with zero attached hydrogens (tertiary/aromatic N) is 2. The van der Waals surface area contributed by atoms with Crippen molar-refractivity contribution in [3.05, 3.63) is 46.1 Å². The van der Waals surface area contributed by atoms with Gasteiger partial charge in [-0.15, -0.1) is 0 Å². The molecule has 9 heteroatoms. The van der Waals surface area contributed by atoms with Crippen molar-refractivity contribution in [2.75, 3.05) is 45.3 Å². The second-order valence-corrected chi connectivity index (χ2v) is 10.6. The van der Waals surface area contributed by atoms with E-state index >= 15 is 0 Å². The van der Waals surface area contributed by atoms with Gasteiger partial charge >= 0.3 is 0 Å². The molecule has 1 aromatic carbocycles. The van der Waals surface area contributed by atoms with Crippen molar-refractivity contribution < 1.29 is 18.2 Å². The van der Waals surface area contributed by atoms with Crippen LogP contribution in [0, 0.1) is 0 Å². The van der Waals surface area contributed by atoms with Gasteiger partial charge in [-0.2, -0.15) is 0 Å². The number of hydrogen-bond acceptors (Lipinski definition) is 6. The Bertz CT molecular complexity index is 1090. The highest BCUT2D eigenvalue weighted by Gasteiger charge is 2.24. The zero-order chi connectivity index (χ0) is 22.9. The molecule has 1 aliphatic heterocycles. The minimum Gasteiger partial charge on any atom is -0.440 e. The van der Waals surface area contributed by atoms with E-state index in [1.54, 1.807) is 20.2 Å². The summed E-state index contributed by atoms with van der Waals surface area (Å²) >= 11 is 0. The van der Waals surface area contributed by atoms with Crippen LogP contribution in [0.3, 0.4) is 0 Å². The Morgan fingerprint density at radius 1 is 1.19 bits per heavy atom. The number of amides is 1. The minimum atomic E-state index is -1.44. The molecule has 0 aliphatic carbocycles. The summed E-state index contributed by atoms with van der Waals surface area (Å²) in [5, 5.41) is 0.268. The lowest BCUT2D eigenvalue weighted by Gasteiger charge is -2.27. The van der Waals surface area contributed by atoms with Crippen LogP contribution >= 0.6 is 0 Å². The molecule has 0 saturated carbocycles. The van der Waals surface area contributed by atoms with Gasteiger partial charge in [-0.05, 0) is 32.9 Å². The normalized spacial score (nSPS) is 15.6. The molecule has 3 rings (SSSR count). The van der Waals surface area contributed by atoms with Crippen molar-refractivity contribution in [3.63, 3.8) is 0 Å². The lowest BCUT2D eigenvalue weighted by molar-refractivity contribution is 0.0827. The Morgan fingerprint density at radius 2 is 1.84 bits per heavy atom. The van der Waals surface area contributed by atoms with E-state index in [9.17, 15) is 13.8 Å². The molecule has 2 heterocycles. The van der Waals surface area contributed by atoms with Crippen molar-refractivity contribution in [2.24, 2.45) is 0 Å². The molecule has 1 fully saturated rings. The highest BCUT2D eigenvalue weighted by atomic mass is 32.2. The third-order valence-electron chi connectivity index (χ3n) is 4.89. The first-order valence-corrected chi connectivity index (χ1v) is 11.2. The molecule has 8 nitrogen and oxygen atoms in total. The first kappa shape index (κ1) is 23.0. The second kappa shape index (κ2) is 8.84. The molecule has 0 spiro atoms. The van der Waals surface area contributed by atoms with Crippen molar-refractivity contribution in [1.82, 2.24) is 9.62 Å². The fourth-order valence-electron chi connectivity index (χ4n) is 3.11. The van der Waals surface area contributed by atoms with Gasteiger partial charge in [-0.3, -0.25) is 9.59 Å². The van der Waals surface area contributed by atoms with Gasteiger partial charge in [0, 0.05) is 44.4 Å². The molecule has 168 valence electrons. The summed E-state index contributed by atoms with van der Waals surface area (Å²) in [7, 11) is 1.83. The lowest BCUT2D eigenvalue weighted by atomic mass is 10.0. The van der Waals surface area contributed by atoms with Crippen LogP contribution in [0.15, 0.2) is 34.0 Å². The van der Waals surface area contributed by atoms with Gasteiger partial charge < -0.3 is 23.7 Å². The van der Waals surface area contributed by atoms with Gasteiger partial charge in [0.15, 0.2) is 11.3 Å². The average molecular weight is 448 g/mol. The van der Waals surface area contributed by atoms with E-state index in [0.29, 0.717) is 54.6 Å². The van der Waals surface area contributed by atoms with E-state index in [-0.39, 0.29) is 16.7 Å². The summed E-state index contributed by atoms with van der Waals surface area (Å²) < 4.78 is 26.5. The zero-order valence-electron chi connectivity index (χ0n) is 18.6. The predicted molar refractivity (Wildman–Crippen MR) is 124 cm³/mol. The molecule has 1 aliphatic rings. The van der Waals surface area contributed by atoms with Crippen LogP contribution in [0.2, 0.25) is 0 Å². The Morgan fingerprint density at radius 3 is 2.42 bits per heavy atom. The van der Waals surface area contributed by atoms with Crippen molar-refractivity contribution >= 4 is 39.4 Å². The SMILES string of the molecule is C=C(NS(=O)C(C)(C)C)c1cc(C(=O)N(C)C)cc2c(=O)cc(N3CCOCC3)oc12. The van der Waals surface area contributed by atoms with E-state index < -0.39 is 15.7 Å². The smallest absolute Gasteiger partial charge is 0.253 e. The van der Waals surface area contributed by atoms with E-state index in [1.165, 1.54) is 17.0 Å². The van der Waals surface area contributed by atoms with Gasteiger partial charge in [0.1, 0.15) is 16.6 Å². The Balaban J connectivity index is 2.18. The van der Waals surface area contributed by atoms with Crippen LogP contribution in [0.1, 0.15) is 36.7 Å². The maximum atomic E-state index is 13.0. The second-order valence-electron chi connectivity index (χ2n) is 8.61. The summed E-state index contributed by atoms with van der Waals surface area (Å²) in [6.45, 7) is 11.8. The largest absolute Gasteiger partial charge is 0.440 e. The fraction of sp³-hybridized carbons (Fsp3) is 0.455. The van der Waals surface area contributed by atoms with Gasteiger partial charge in [-0.25, -0.2) is 4.21 Å². The molecule has 1 amide bonds. The highest BCUT2D eigenvalue weighted by Crippen LogP contribution is 2.29. The number of nitrogens with one attached hydrogen (secondary N) is 1. The Hall–Kier alpha value is -2.65. The maximum absolute atomic E-state index is 13.0. The topological polar surface area (TPSA) is 92.1 Å². The number of fused-ring (bicyclic) bond motifs is 1. The summed E-state index contributed by atoms with van der Waals surface area (Å²) in [6, 6.07) is 4.58. The number of rotatable bonds is 5. The third kappa shape index (κ3) is 4.99. The van der Waals surface area contributed by atoms with Crippen LogP contribution in [0.5, 0.6) is 0 Å². The zero-order valence-corrected chi connectivity index (χ0v) is 19.4. The van der Waals surface area contributed by atoms with Gasteiger partial charge in [0.2, 0.25) is 0 Å². The summed E-state index contributed by atoms with van der Waals surface area (Å²) in [4.78, 5) is 29.0. The Labute approximate surface area is 184 Å². The molecule has 1 unspecified atom stereocenters. The Kier molecular flexibility index (Phi) is 6.56. The number of hydrogen-bond donors (Lipinski definition) is 1. The highest BCUT2D eigenvalue weighted by molar-refractivity contribution is 7.84. The number of benzene rings is 1. The number of carbonyl (C=O) groups is 1.